The van der Waals surface area contributed by atoms with Crippen LogP contribution >= 0.6 is 0 Å². The van der Waals surface area contributed by atoms with Crippen LogP contribution in [0.3, 0.4) is 0 Å². The number of aromatic nitrogens is 3. The van der Waals surface area contributed by atoms with E-state index in [0.717, 1.165) is 11.4 Å². The summed E-state index contributed by atoms with van der Waals surface area (Å²) in [5.74, 6) is 1.34. The number of hydrogen-bond donors (Lipinski definition) is 0. The minimum absolute atomic E-state index is 0.564. The van der Waals surface area contributed by atoms with Crippen molar-refractivity contribution in [1.29, 1.82) is 0 Å². The summed E-state index contributed by atoms with van der Waals surface area (Å²) in [4.78, 5) is 4.30. The molecule has 0 bridgehead atoms. The molecule has 0 spiro atoms. The second-order valence-electron chi connectivity index (χ2n) is 3.65. The van der Waals surface area contributed by atoms with Gasteiger partial charge in [0.15, 0.2) is 11.5 Å². The van der Waals surface area contributed by atoms with E-state index < -0.39 is 0 Å². The third-order valence-electron chi connectivity index (χ3n) is 2.45. The maximum atomic E-state index is 5.32. The van der Waals surface area contributed by atoms with E-state index in [0.29, 0.717) is 18.0 Å². The molecule has 2 rings (SSSR count). The number of ether oxygens (including phenoxy) is 2. The van der Waals surface area contributed by atoms with Gasteiger partial charge < -0.3 is 9.47 Å². The van der Waals surface area contributed by atoms with E-state index in [9.17, 15) is 0 Å². The molecular weight excluding hydrogens is 218 g/mol. The zero-order valence-corrected chi connectivity index (χ0v) is 10.2. The highest BCUT2D eigenvalue weighted by Crippen LogP contribution is 2.29. The molecule has 90 valence electrons. The number of pyridine rings is 1. The van der Waals surface area contributed by atoms with Gasteiger partial charge in [-0.3, -0.25) is 9.67 Å². The Bertz CT molecular complexity index is 508. The largest absolute Gasteiger partial charge is 0.493 e. The molecule has 2 heterocycles. The van der Waals surface area contributed by atoms with Crippen molar-refractivity contribution >= 4 is 0 Å². The lowest BCUT2D eigenvalue weighted by Crippen LogP contribution is -2.05. The second kappa shape index (κ2) is 4.86. The Morgan fingerprint density at radius 3 is 2.65 bits per heavy atom. The molecule has 5 heteroatoms. The summed E-state index contributed by atoms with van der Waals surface area (Å²) in [6, 6.07) is 3.73. The van der Waals surface area contributed by atoms with Crippen molar-refractivity contribution in [3.63, 3.8) is 0 Å². The Kier molecular flexibility index (Phi) is 3.27. The van der Waals surface area contributed by atoms with Crippen molar-refractivity contribution in [2.45, 2.75) is 13.5 Å². The lowest BCUT2D eigenvalue weighted by Gasteiger charge is -2.11. The van der Waals surface area contributed by atoms with Crippen molar-refractivity contribution in [3.8, 4) is 11.5 Å². The van der Waals surface area contributed by atoms with Crippen LogP contribution in [0.25, 0.3) is 0 Å². The van der Waals surface area contributed by atoms with Crippen molar-refractivity contribution < 1.29 is 9.47 Å². The highest BCUT2D eigenvalue weighted by Gasteiger charge is 2.11. The van der Waals surface area contributed by atoms with Crippen LogP contribution in [-0.2, 0) is 6.54 Å². The number of aryl methyl sites for hydroxylation is 1. The van der Waals surface area contributed by atoms with E-state index in [-0.39, 0.29) is 0 Å². The molecule has 0 atom stereocenters. The van der Waals surface area contributed by atoms with Crippen LogP contribution in [0.1, 0.15) is 11.4 Å². The standard InChI is InChI=1S/C12H15N3O2/c1-9-5-7-15(14-9)8-10-12(17-3)11(16-2)4-6-13-10/h4-7H,8H2,1-3H3. The monoisotopic (exact) mass is 233 g/mol. The molecule has 0 aliphatic rings. The van der Waals surface area contributed by atoms with E-state index in [1.807, 2.05) is 23.9 Å². The van der Waals surface area contributed by atoms with Crippen LogP contribution in [0.4, 0.5) is 0 Å². The fraction of sp³-hybridized carbons (Fsp3) is 0.333. The van der Waals surface area contributed by atoms with Gasteiger partial charge in [0.1, 0.15) is 5.69 Å². The zero-order valence-electron chi connectivity index (χ0n) is 10.2. The van der Waals surface area contributed by atoms with E-state index in [4.69, 9.17) is 9.47 Å². The van der Waals surface area contributed by atoms with E-state index in [1.165, 1.54) is 0 Å². The molecule has 0 saturated carbocycles. The maximum Gasteiger partial charge on any atom is 0.184 e. The van der Waals surface area contributed by atoms with Gasteiger partial charge in [-0.25, -0.2) is 0 Å². The van der Waals surface area contributed by atoms with Crippen molar-refractivity contribution in [2.24, 2.45) is 0 Å². The van der Waals surface area contributed by atoms with Crippen molar-refractivity contribution in [2.75, 3.05) is 14.2 Å². The molecule has 17 heavy (non-hydrogen) atoms. The average Bonchev–Trinajstić information content (AvgIpc) is 2.74. The fourth-order valence-corrected chi connectivity index (χ4v) is 1.67. The summed E-state index contributed by atoms with van der Waals surface area (Å²) in [5, 5.41) is 4.32. The summed E-state index contributed by atoms with van der Waals surface area (Å²) in [6.07, 6.45) is 3.61. The third kappa shape index (κ3) is 2.38. The smallest absolute Gasteiger partial charge is 0.184 e. The number of nitrogens with zero attached hydrogens (tertiary/aromatic N) is 3. The van der Waals surface area contributed by atoms with Gasteiger partial charge in [-0.2, -0.15) is 5.10 Å². The molecule has 0 radical (unpaired) electrons. The fourth-order valence-electron chi connectivity index (χ4n) is 1.67. The number of methoxy groups -OCH3 is 2. The lowest BCUT2D eigenvalue weighted by atomic mass is 10.3. The number of hydrogen-bond acceptors (Lipinski definition) is 4. The van der Waals surface area contributed by atoms with Crippen LogP contribution in [0.15, 0.2) is 24.5 Å². The van der Waals surface area contributed by atoms with E-state index in [1.54, 1.807) is 26.5 Å². The molecule has 5 nitrogen and oxygen atoms in total. The van der Waals surface area contributed by atoms with Crippen LogP contribution in [0.2, 0.25) is 0 Å². The van der Waals surface area contributed by atoms with Gasteiger partial charge >= 0.3 is 0 Å². The van der Waals surface area contributed by atoms with Gasteiger partial charge in [0.05, 0.1) is 26.5 Å². The first-order valence-electron chi connectivity index (χ1n) is 5.30. The molecule has 0 saturated heterocycles. The summed E-state index contributed by atoms with van der Waals surface area (Å²) in [6.45, 7) is 2.51. The first-order valence-corrected chi connectivity index (χ1v) is 5.30. The minimum atomic E-state index is 0.564. The number of rotatable bonds is 4. The van der Waals surface area contributed by atoms with Crippen molar-refractivity contribution in [3.05, 3.63) is 35.9 Å². The predicted octanol–water partition coefficient (Wildman–Crippen LogP) is 1.65. The van der Waals surface area contributed by atoms with E-state index >= 15 is 0 Å². The summed E-state index contributed by atoms with van der Waals surface area (Å²) in [5.41, 5.74) is 1.78. The van der Waals surface area contributed by atoms with Gasteiger partial charge in [-0.05, 0) is 13.0 Å². The van der Waals surface area contributed by atoms with Crippen LogP contribution in [0.5, 0.6) is 11.5 Å². The Morgan fingerprint density at radius 2 is 2.06 bits per heavy atom. The van der Waals surface area contributed by atoms with Crippen LogP contribution in [-0.4, -0.2) is 29.0 Å². The SMILES string of the molecule is COc1ccnc(Cn2ccc(C)n2)c1OC. The molecule has 2 aromatic rings. The maximum absolute atomic E-state index is 5.32. The molecule has 0 unspecified atom stereocenters. The summed E-state index contributed by atoms with van der Waals surface area (Å²) < 4.78 is 12.4. The summed E-state index contributed by atoms with van der Waals surface area (Å²) in [7, 11) is 3.22. The topological polar surface area (TPSA) is 49.2 Å². The lowest BCUT2D eigenvalue weighted by molar-refractivity contribution is 0.348. The van der Waals surface area contributed by atoms with Gasteiger partial charge in [-0.1, -0.05) is 0 Å². The first-order chi connectivity index (χ1) is 8.24. The van der Waals surface area contributed by atoms with E-state index in [2.05, 4.69) is 10.1 Å². The Hall–Kier alpha value is -2.04. The average molecular weight is 233 g/mol. The molecule has 0 fully saturated rings. The molecule has 2 aromatic heterocycles. The first kappa shape index (κ1) is 11.4. The third-order valence-corrected chi connectivity index (χ3v) is 2.45. The molecule has 0 aliphatic carbocycles. The Balaban J connectivity index is 2.32. The van der Waals surface area contributed by atoms with Gasteiger partial charge in [0.25, 0.3) is 0 Å². The molecule has 0 N–H and O–H groups in total. The van der Waals surface area contributed by atoms with Crippen LogP contribution in [0, 0.1) is 6.92 Å². The highest BCUT2D eigenvalue weighted by molar-refractivity contribution is 5.42. The van der Waals surface area contributed by atoms with Gasteiger partial charge in [0.2, 0.25) is 0 Å². The van der Waals surface area contributed by atoms with Crippen LogP contribution < -0.4 is 9.47 Å². The molecule has 0 amide bonds. The summed E-state index contributed by atoms with van der Waals surface area (Å²) >= 11 is 0. The minimum Gasteiger partial charge on any atom is -0.493 e. The quantitative estimate of drug-likeness (QED) is 0.805. The van der Waals surface area contributed by atoms with Gasteiger partial charge in [-0.15, -0.1) is 0 Å². The predicted molar refractivity (Wildman–Crippen MR) is 63.4 cm³/mol. The normalized spacial score (nSPS) is 10.3. The highest BCUT2D eigenvalue weighted by atomic mass is 16.5. The molecule has 0 aliphatic heterocycles. The molecule has 0 aromatic carbocycles. The van der Waals surface area contributed by atoms with Gasteiger partial charge in [0, 0.05) is 18.5 Å². The second-order valence-corrected chi connectivity index (χ2v) is 3.65. The Morgan fingerprint density at radius 1 is 1.24 bits per heavy atom. The van der Waals surface area contributed by atoms with Crippen molar-refractivity contribution in [1.82, 2.24) is 14.8 Å². The Labute approximate surface area is 100 Å². The molecular formula is C12H15N3O2. The zero-order chi connectivity index (χ0) is 12.3.